The van der Waals surface area contributed by atoms with Crippen LogP contribution in [0.2, 0.25) is 0 Å². The van der Waals surface area contributed by atoms with Crippen molar-refractivity contribution in [2.75, 3.05) is 37.4 Å². The van der Waals surface area contributed by atoms with Crippen LogP contribution in [0.5, 0.6) is 0 Å². The molecule has 150 valence electrons. The van der Waals surface area contributed by atoms with Crippen molar-refractivity contribution in [3.8, 4) is 0 Å². The van der Waals surface area contributed by atoms with Gasteiger partial charge in [0.1, 0.15) is 4.90 Å². The molecule has 1 amide bonds. The SMILES string of the molecule is Cc1ccc(NC(=O)CSc2ccc(S(=O)(=O)N3CCOCC3)cn2)c(C)c1. The fourth-order valence-corrected chi connectivity index (χ4v) is 4.82. The smallest absolute Gasteiger partial charge is 0.244 e. The van der Waals surface area contributed by atoms with Gasteiger partial charge >= 0.3 is 0 Å². The van der Waals surface area contributed by atoms with E-state index in [1.807, 2.05) is 32.0 Å². The molecule has 1 fully saturated rings. The number of carbonyl (C=O) groups excluding carboxylic acids is 1. The van der Waals surface area contributed by atoms with Crippen molar-refractivity contribution in [2.45, 2.75) is 23.8 Å². The predicted molar refractivity (Wildman–Crippen MR) is 109 cm³/mol. The summed E-state index contributed by atoms with van der Waals surface area (Å²) in [5, 5.41) is 3.48. The molecule has 2 aromatic rings. The number of nitrogens with zero attached hydrogens (tertiary/aromatic N) is 2. The van der Waals surface area contributed by atoms with E-state index in [1.54, 1.807) is 6.07 Å². The van der Waals surface area contributed by atoms with Crippen LogP contribution < -0.4 is 5.32 Å². The molecule has 9 heteroatoms. The molecule has 1 N–H and O–H groups in total. The average Bonchev–Trinajstić information content (AvgIpc) is 2.69. The maximum Gasteiger partial charge on any atom is 0.244 e. The quantitative estimate of drug-likeness (QED) is 0.721. The zero-order chi connectivity index (χ0) is 20.1. The highest BCUT2D eigenvalue weighted by atomic mass is 32.2. The largest absolute Gasteiger partial charge is 0.379 e. The van der Waals surface area contributed by atoms with Gasteiger partial charge in [-0.3, -0.25) is 4.79 Å². The molecule has 1 aromatic carbocycles. The summed E-state index contributed by atoms with van der Waals surface area (Å²) in [6.45, 7) is 5.44. The maximum atomic E-state index is 12.6. The number of pyridine rings is 1. The first-order valence-electron chi connectivity index (χ1n) is 8.90. The van der Waals surface area contributed by atoms with Crippen molar-refractivity contribution >= 4 is 33.4 Å². The summed E-state index contributed by atoms with van der Waals surface area (Å²) in [4.78, 5) is 16.5. The van der Waals surface area contributed by atoms with Crippen LogP contribution in [-0.4, -0.2) is 55.7 Å². The molecule has 0 unspecified atom stereocenters. The molecule has 1 aliphatic rings. The number of aryl methyl sites for hydroxylation is 2. The predicted octanol–water partition coefficient (Wildman–Crippen LogP) is 2.45. The number of benzene rings is 1. The minimum Gasteiger partial charge on any atom is -0.379 e. The Morgan fingerprint density at radius 2 is 1.96 bits per heavy atom. The number of morpholine rings is 1. The van der Waals surface area contributed by atoms with E-state index in [4.69, 9.17) is 4.74 Å². The summed E-state index contributed by atoms with van der Waals surface area (Å²) in [6, 6.07) is 9.00. The molecule has 0 bridgehead atoms. The summed E-state index contributed by atoms with van der Waals surface area (Å²) in [5.41, 5.74) is 2.94. The van der Waals surface area contributed by atoms with Crippen LogP contribution in [0.15, 0.2) is 46.5 Å². The number of anilines is 1. The van der Waals surface area contributed by atoms with Gasteiger partial charge in [0.05, 0.1) is 24.0 Å². The number of thioether (sulfide) groups is 1. The standard InChI is InChI=1S/C19H23N3O4S2/c1-14-3-5-17(15(2)11-14)21-18(23)13-27-19-6-4-16(12-20-19)28(24,25)22-7-9-26-10-8-22/h3-6,11-12H,7-10,13H2,1-2H3,(H,21,23). The monoisotopic (exact) mass is 421 g/mol. The first-order valence-corrected chi connectivity index (χ1v) is 11.3. The number of hydrogen-bond donors (Lipinski definition) is 1. The Bertz CT molecular complexity index is 940. The van der Waals surface area contributed by atoms with Crippen molar-refractivity contribution in [3.05, 3.63) is 47.7 Å². The van der Waals surface area contributed by atoms with Crippen molar-refractivity contribution < 1.29 is 17.9 Å². The molecule has 0 aliphatic carbocycles. The van der Waals surface area contributed by atoms with Crippen LogP contribution in [0.4, 0.5) is 5.69 Å². The molecule has 1 saturated heterocycles. The highest BCUT2D eigenvalue weighted by Crippen LogP contribution is 2.21. The lowest BCUT2D eigenvalue weighted by molar-refractivity contribution is -0.113. The Morgan fingerprint density at radius 3 is 2.61 bits per heavy atom. The lowest BCUT2D eigenvalue weighted by atomic mass is 10.1. The highest BCUT2D eigenvalue weighted by Gasteiger charge is 2.26. The number of rotatable bonds is 6. The fraction of sp³-hybridized carbons (Fsp3) is 0.368. The van der Waals surface area contributed by atoms with Gasteiger partial charge < -0.3 is 10.1 Å². The van der Waals surface area contributed by atoms with E-state index in [2.05, 4.69) is 10.3 Å². The number of amides is 1. The number of ether oxygens (including phenoxy) is 1. The fourth-order valence-electron chi connectivity index (χ4n) is 2.82. The summed E-state index contributed by atoms with van der Waals surface area (Å²) in [5.74, 6) is 0.0550. The third kappa shape index (κ3) is 5.11. The zero-order valence-corrected chi connectivity index (χ0v) is 17.5. The third-order valence-electron chi connectivity index (χ3n) is 4.32. The molecule has 28 heavy (non-hydrogen) atoms. The van der Waals surface area contributed by atoms with Gasteiger partial charge in [-0.25, -0.2) is 13.4 Å². The van der Waals surface area contributed by atoms with E-state index in [1.165, 1.54) is 28.3 Å². The van der Waals surface area contributed by atoms with E-state index in [0.717, 1.165) is 16.8 Å². The molecule has 1 aromatic heterocycles. The van der Waals surface area contributed by atoms with E-state index in [9.17, 15) is 13.2 Å². The number of nitrogens with one attached hydrogen (secondary N) is 1. The Morgan fingerprint density at radius 1 is 1.21 bits per heavy atom. The number of carbonyl (C=O) groups is 1. The van der Waals surface area contributed by atoms with Crippen LogP contribution >= 0.6 is 11.8 Å². The Labute approximate surface area is 169 Å². The Balaban J connectivity index is 1.57. The molecule has 1 aliphatic heterocycles. The topological polar surface area (TPSA) is 88.6 Å². The molecular weight excluding hydrogens is 398 g/mol. The minimum absolute atomic E-state index is 0.135. The second-order valence-corrected chi connectivity index (χ2v) is 9.44. The first kappa shape index (κ1) is 20.8. The number of hydrogen-bond acceptors (Lipinski definition) is 6. The van der Waals surface area contributed by atoms with Gasteiger partial charge in [-0.1, -0.05) is 29.5 Å². The second-order valence-electron chi connectivity index (χ2n) is 6.50. The molecule has 0 spiro atoms. The highest BCUT2D eigenvalue weighted by molar-refractivity contribution is 7.99. The van der Waals surface area contributed by atoms with Gasteiger partial charge in [0, 0.05) is 25.0 Å². The average molecular weight is 422 g/mol. The van der Waals surface area contributed by atoms with Crippen LogP contribution in [-0.2, 0) is 19.6 Å². The molecular formula is C19H23N3O4S2. The van der Waals surface area contributed by atoms with E-state index >= 15 is 0 Å². The summed E-state index contributed by atoms with van der Waals surface area (Å²) < 4.78 is 31.8. The second kappa shape index (κ2) is 9.04. The lowest BCUT2D eigenvalue weighted by Crippen LogP contribution is -2.40. The number of aromatic nitrogens is 1. The van der Waals surface area contributed by atoms with Gasteiger partial charge in [0.25, 0.3) is 0 Å². The van der Waals surface area contributed by atoms with E-state index in [0.29, 0.717) is 31.3 Å². The van der Waals surface area contributed by atoms with Gasteiger partial charge in [0.15, 0.2) is 0 Å². The zero-order valence-electron chi connectivity index (χ0n) is 15.8. The summed E-state index contributed by atoms with van der Waals surface area (Å²) >= 11 is 1.26. The van der Waals surface area contributed by atoms with Crippen LogP contribution in [0.3, 0.4) is 0 Å². The molecule has 2 heterocycles. The van der Waals surface area contributed by atoms with Crippen molar-refractivity contribution in [3.63, 3.8) is 0 Å². The van der Waals surface area contributed by atoms with Crippen molar-refractivity contribution in [1.29, 1.82) is 0 Å². The summed E-state index contributed by atoms with van der Waals surface area (Å²) in [7, 11) is -3.56. The van der Waals surface area contributed by atoms with Gasteiger partial charge in [0.2, 0.25) is 15.9 Å². The molecule has 0 saturated carbocycles. The number of sulfonamides is 1. The summed E-state index contributed by atoms with van der Waals surface area (Å²) in [6.07, 6.45) is 1.34. The normalized spacial score (nSPS) is 15.4. The minimum atomic E-state index is -3.56. The maximum absolute atomic E-state index is 12.6. The van der Waals surface area contributed by atoms with Gasteiger partial charge in [-0.15, -0.1) is 0 Å². The first-order chi connectivity index (χ1) is 13.4. The van der Waals surface area contributed by atoms with Gasteiger partial charge in [-0.05, 0) is 37.6 Å². The molecule has 3 rings (SSSR count). The third-order valence-corrected chi connectivity index (χ3v) is 7.15. The van der Waals surface area contributed by atoms with E-state index < -0.39 is 10.0 Å². The Kier molecular flexibility index (Phi) is 6.71. The van der Waals surface area contributed by atoms with E-state index in [-0.39, 0.29) is 16.6 Å². The van der Waals surface area contributed by atoms with Gasteiger partial charge in [-0.2, -0.15) is 4.31 Å². The van der Waals surface area contributed by atoms with Crippen LogP contribution in [0.1, 0.15) is 11.1 Å². The van der Waals surface area contributed by atoms with Crippen LogP contribution in [0.25, 0.3) is 0 Å². The molecule has 7 nitrogen and oxygen atoms in total. The lowest BCUT2D eigenvalue weighted by Gasteiger charge is -2.25. The molecule has 0 atom stereocenters. The Hall–Kier alpha value is -1.94. The molecule has 0 radical (unpaired) electrons. The van der Waals surface area contributed by atoms with Crippen molar-refractivity contribution in [2.24, 2.45) is 0 Å². The van der Waals surface area contributed by atoms with Crippen LogP contribution in [0, 0.1) is 13.8 Å². The van der Waals surface area contributed by atoms with Crippen molar-refractivity contribution in [1.82, 2.24) is 9.29 Å².